The number of hydrogen-bond acceptors (Lipinski definition) is 3. The molecule has 2 aromatic rings. The van der Waals surface area contributed by atoms with Crippen LogP contribution in [0, 0.1) is 5.82 Å². The molecular formula is C9H7FN2O2. The Balaban J connectivity index is 2.64. The van der Waals surface area contributed by atoms with Crippen LogP contribution < -0.4 is 0 Å². The first-order valence-corrected chi connectivity index (χ1v) is 3.93. The summed E-state index contributed by atoms with van der Waals surface area (Å²) in [7, 11) is 1.29. The fraction of sp³-hybridized carbons (Fsp3) is 0.111. The largest absolute Gasteiger partial charge is 0.465 e. The minimum atomic E-state index is -0.480. The Hall–Kier alpha value is -1.91. The number of nitrogens with zero attached hydrogens (tertiary/aromatic N) is 2. The van der Waals surface area contributed by atoms with Gasteiger partial charge in [0.25, 0.3) is 0 Å². The van der Waals surface area contributed by atoms with Gasteiger partial charge in [-0.1, -0.05) is 0 Å². The zero-order valence-corrected chi connectivity index (χ0v) is 7.40. The van der Waals surface area contributed by atoms with Gasteiger partial charge < -0.3 is 4.74 Å². The van der Waals surface area contributed by atoms with Gasteiger partial charge in [-0.05, 0) is 12.1 Å². The van der Waals surface area contributed by atoms with Crippen molar-refractivity contribution in [2.75, 3.05) is 7.11 Å². The van der Waals surface area contributed by atoms with Crippen molar-refractivity contribution < 1.29 is 13.9 Å². The van der Waals surface area contributed by atoms with Crippen LogP contribution in [-0.4, -0.2) is 22.7 Å². The first-order valence-electron chi connectivity index (χ1n) is 3.93. The Kier molecular flexibility index (Phi) is 1.92. The van der Waals surface area contributed by atoms with Crippen LogP contribution >= 0.6 is 0 Å². The highest BCUT2D eigenvalue weighted by atomic mass is 19.1. The third kappa shape index (κ3) is 1.22. The summed E-state index contributed by atoms with van der Waals surface area (Å²) in [6.45, 7) is 0. The van der Waals surface area contributed by atoms with Crippen molar-refractivity contribution in [2.45, 2.75) is 0 Å². The molecule has 14 heavy (non-hydrogen) atoms. The van der Waals surface area contributed by atoms with Crippen molar-refractivity contribution in [1.82, 2.24) is 9.61 Å². The molecule has 0 aliphatic heterocycles. The van der Waals surface area contributed by atoms with Crippen LogP contribution in [0.2, 0.25) is 0 Å². The summed E-state index contributed by atoms with van der Waals surface area (Å²) in [4.78, 5) is 11.2. The quantitative estimate of drug-likeness (QED) is 0.642. The van der Waals surface area contributed by atoms with Gasteiger partial charge in [-0.15, -0.1) is 0 Å². The van der Waals surface area contributed by atoms with Gasteiger partial charge in [0.2, 0.25) is 0 Å². The van der Waals surface area contributed by atoms with Gasteiger partial charge in [-0.2, -0.15) is 5.10 Å². The summed E-state index contributed by atoms with van der Waals surface area (Å²) in [5, 5.41) is 3.82. The number of hydrogen-bond donors (Lipinski definition) is 0. The summed E-state index contributed by atoms with van der Waals surface area (Å²) < 4.78 is 18.6. The molecule has 0 bridgehead atoms. The molecule has 0 aliphatic carbocycles. The van der Waals surface area contributed by atoms with E-state index in [9.17, 15) is 9.18 Å². The molecule has 2 heterocycles. The maximum atomic E-state index is 12.8. The summed E-state index contributed by atoms with van der Waals surface area (Å²) in [6.07, 6.45) is 2.54. The first-order chi connectivity index (χ1) is 6.72. The second kappa shape index (κ2) is 3.10. The van der Waals surface area contributed by atoms with Crippen LogP contribution in [0.1, 0.15) is 10.4 Å². The molecule has 72 valence electrons. The first kappa shape index (κ1) is 8.68. The van der Waals surface area contributed by atoms with E-state index in [-0.39, 0.29) is 0 Å². The van der Waals surface area contributed by atoms with Crippen molar-refractivity contribution in [3.63, 3.8) is 0 Å². The number of rotatable bonds is 1. The van der Waals surface area contributed by atoms with Crippen molar-refractivity contribution >= 4 is 11.5 Å². The minimum Gasteiger partial charge on any atom is -0.465 e. The predicted molar refractivity (Wildman–Crippen MR) is 46.5 cm³/mol. The summed E-state index contributed by atoms with van der Waals surface area (Å²) in [5.74, 6) is -0.886. The average molecular weight is 194 g/mol. The normalized spacial score (nSPS) is 10.4. The molecule has 0 atom stereocenters. The molecule has 0 aliphatic rings. The molecule has 2 aromatic heterocycles. The highest BCUT2D eigenvalue weighted by Crippen LogP contribution is 2.12. The molecule has 0 spiro atoms. The maximum absolute atomic E-state index is 12.8. The van der Waals surface area contributed by atoms with Crippen molar-refractivity contribution in [1.29, 1.82) is 0 Å². The predicted octanol–water partition coefficient (Wildman–Crippen LogP) is 1.26. The van der Waals surface area contributed by atoms with E-state index < -0.39 is 11.8 Å². The lowest BCUT2D eigenvalue weighted by Crippen LogP contribution is -2.00. The molecule has 0 saturated heterocycles. The molecule has 0 N–H and O–H groups in total. The van der Waals surface area contributed by atoms with Crippen LogP contribution in [0.25, 0.3) is 5.52 Å². The van der Waals surface area contributed by atoms with Gasteiger partial charge in [-0.25, -0.2) is 13.7 Å². The molecule has 0 radical (unpaired) electrons. The van der Waals surface area contributed by atoms with E-state index in [0.717, 1.165) is 0 Å². The Morgan fingerprint density at radius 1 is 1.57 bits per heavy atom. The number of carbonyl (C=O) groups is 1. The number of halogens is 1. The maximum Gasteiger partial charge on any atom is 0.341 e. The van der Waals surface area contributed by atoms with E-state index >= 15 is 0 Å². The smallest absolute Gasteiger partial charge is 0.341 e. The van der Waals surface area contributed by atoms with Crippen LogP contribution in [0.4, 0.5) is 4.39 Å². The standard InChI is InChI=1S/C9H7FN2O2/c1-14-9(13)7-4-11-12-5-6(10)2-3-8(7)12/h2-5H,1H3. The third-order valence-corrected chi connectivity index (χ3v) is 1.89. The fourth-order valence-corrected chi connectivity index (χ4v) is 1.23. The Morgan fingerprint density at radius 3 is 3.07 bits per heavy atom. The topological polar surface area (TPSA) is 43.6 Å². The minimum absolute atomic E-state index is 0.326. The second-order valence-electron chi connectivity index (χ2n) is 2.73. The van der Waals surface area contributed by atoms with Gasteiger partial charge in [0.15, 0.2) is 0 Å². The van der Waals surface area contributed by atoms with Crippen LogP contribution in [0.15, 0.2) is 24.5 Å². The molecular weight excluding hydrogens is 187 g/mol. The van der Waals surface area contributed by atoms with E-state index in [0.29, 0.717) is 11.1 Å². The number of carbonyl (C=O) groups excluding carboxylic acids is 1. The molecule has 0 fully saturated rings. The van der Waals surface area contributed by atoms with Crippen molar-refractivity contribution in [3.05, 3.63) is 35.9 Å². The SMILES string of the molecule is COC(=O)c1cnn2cc(F)ccc12. The lowest BCUT2D eigenvalue weighted by Gasteiger charge is -1.96. The number of pyridine rings is 1. The summed E-state index contributed by atoms with van der Waals surface area (Å²) in [5.41, 5.74) is 0.853. The molecule has 2 rings (SSSR count). The molecule has 0 unspecified atom stereocenters. The second-order valence-corrected chi connectivity index (χ2v) is 2.73. The molecule has 0 amide bonds. The summed E-state index contributed by atoms with van der Waals surface area (Å²) in [6, 6.07) is 2.75. The number of aromatic nitrogens is 2. The van der Waals surface area contributed by atoms with Crippen LogP contribution in [0.5, 0.6) is 0 Å². The van der Waals surface area contributed by atoms with E-state index in [1.807, 2.05) is 0 Å². The van der Waals surface area contributed by atoms with Gasteiger partial charge >= 0.3 is 5.97 Å². The molecule has 0 saturated carbocycles. The van der Waals surface area contributed by atoms with E-state index in [1.54, 1.807) is 0 Å². The number of ether oxygens (including phenoxy) is 1. The third-order valence-electron chi connectivity index (χ3n) is 1.89. The highest BCUT2D eigenvalue weighted by molar-refractivity contribution is 5.96. The molecule has 0 aromatic carbocycles. The van der Waals surface area contributed by atoms with Crippen molar-refractivity contribution in [3.8, 4) is 0 Å². The zero-order chi connectivity index (χ0) is 10.1. The van der Waals surface area contributed by atoms with Gasteiger partial charge in [-0.3, -0.25) is 0 Å². The molecule has 5 heteroatoms. The molecule has 4 nitrogen and oxygen atoms in total. The number of fused-ring (bicyclic) bond motifs is 1. The lowest BCUT2D eigenvalue weighted by atomic mass is 10.2. The van der Waals surface area contributed by atoms with Gasteiger partial charge in [0.1, 0.15) is 11.4 Å². The summed E-state index contributed by atoms with van der Waals surface area (Å²) >= 11 is 0. The number of methoxy groups -OCH3 is 1. The van der Waals surface area contributed by atoms with Gasteiger partial charge in [0.05, 0.1) is 25.0 Å². The average Bonchev–Trinajstić information content (AvgIpc) is 2.59. The van der Waals surface area contributed by atoms with E-state index in [4.69, 9.17) is 0 Å². The van der Waals surface area contributed by atoms with Crippen LogP contribution in [-0.2, 0) is 4.74 Å². The Bertz CT molecular complexity index is 493. The van der Waals surface area contributed by atoms with Crippen LogP contribution in [0.3, 0.4) is 0 Å². The van der Waals surface area contributed by atoms with Crippen molar-refractivity contribution in [2.24, 2.45) is 0 Å². The van der Waals surface area contributed by atoms with E-state index in [1.165, 1.54) is 36.2 Å². The van der Waals surface area contributed by atoms with E-state index in [2.05, 4.69) is 9.84 Å². The zero-order valence-electron chi connectivity index (χ0n) is 7.40. The number of esters is 1. The monoisotopic (exact) mass is 194 g/mol. The fourth-order valence-electron chi connectivity index (χ4n) is 1.23. The lowest BCUT2D eigenvalue weighted by molar-refractivity contribution is 0.0603. The Morgan fingerprint density at radius 2 is 2.36 bits per heavy atom. The van der Waals surface area contributed by atoms with Gasteiger partial charge in [0, 0.05) is 0 Å². The Labute approximate surface area is 78.9 Å². The highest BCUT2D eigenvalue weighted by Gasteiger charge is 2.12.